The summed E-state index contributed by atoms with van der Waals surface area (Å²) in [5, 5.41) is 0. The van der Waals surface area contributed by atoms with Crippen LogP contribution < -0.4 is 0 Å². The number of benzene rings is 1. The third-order valence-electron chi connectivity index (χ3n) is 4.27. The molecule has 20 heavy (non-hydrogen) atoms. The molecular formula is C17H26N2O. The van der Waals surface area contributed by atoms with Crippen LogP contribution in [0, 0.1) is 6.92 Å². The van der Waals surface area contributed by atoms with Gasteiger partial charge in [0.2, 0.25) is 0 Å². The van der Waals surface area contributed by atoms with Gasteiger partial charge in [0, 0.05) is 31.7 Å². The third kappa shape index (κ3) is 3.21. The molecule has 1 aromatic carbocycles. The van der Waals surface area contributed by atoms with Crippen LogP contribution in [0.4, 0.5) is 0 Å². The number of carbonyl (C=O) groups excluding carboxylic acids is 1. The van der Waals surface area contributed by atoms with Gasteiger partial charge in [-0.05, 0) is 36.6 Å². The predicted octanol–water partition coefficient (Wildman–Crippen LogP) is 2.90. The maximum absolute atomic E-state index is 12.7. The van der Waals surface area contributed by atoms with Crippen LogP contribution in [0.1, 0.15) is 48.2 Å². The smallest absolute Gasteiger partial charge is 0.254 e. The molecule has 1 aliphatic rings. The van der Waals surface area contributed by atoms with Gasteiger partial charge >= 0.3 is 0 Å². The van der Waals surface area contributed by atoms with E-state index in [0.717, 1.165) is 43.9 Å². The number of carbonyl (C=O) groups is 1. The van der Waals surface area contributed by atoms with Gasteiger partial charge < -0.3 is 9.80 Å². The molecule has 0 bridgehead atoms. The molecule has 3 heteroatoms. The molecule has 3 nitrogen and oxygen atoms in total. The Bertz CT molecular complexity index is 474. The Labute approximate surface area is 122 Å². The molecule has 1 fully saturated rings. The van der Waals surface area contributed by atoms with E-state index in [-0.39, 0.29) is 5.91 Å². The van der Waals surface area contributed by atoms with E-state index in [2.05, 4.69) is 43.9 Å². The van der Waals surface area contributed by atoms with Crippen LogP contribution in [0.2, 0.25) is 0 Å². The zero-order valence-electron chi connectivity index (χ0n) is 13.1. The first-order chi connectivity index (χ1) is 9.52. The largest absolute Gasteiger partial charge is 0.336 e. The number of aryl methyl sites for hydroxylation is 1. The first kappa shape index (κ1) is 15.0. The maximum Gasteiger partial charge on any atom is 0.254 e. The van der Waals surface area contributed by atoms with Crippen LogP contribution in [0.5, 0.6) is 0 Å². The summed E-state index contributed by atoms with van der Waals surface area (Å²) in [6, 6.07) is 6.28. The van der Waals surface area contributed by atoms with E-state index in [9.17, 15) is 4.79 Å². The predicted molar refractivity (Wildman–Crippen MR) is 83.3 cm³/mol. The summed E-state index contributed by atoms with van der Waals surface area (Å²) in [7, 11) is 0. The van der Waals surface area contributed by atoms with Crippen molar-refractivity contribution < 1.29 is 4.79 Å². The fourth-order valence-corrected chi connectivity index (χ4v) is 2.67. The minimum absolute atomic E-state index is 0.195. The second-order valence-electron chi connectivity index (χ2n) is 5.96. The summed E-state index contributed by atoms with van der Waals surface area (Å²) in [5.74, 6) is 0.653. The van der Waals surface area contributed by atoms with Crippen LogP contribution in [0.25, 0.3) is 0 Å². The number of piperazine rings is 1. The molecule has 0 unspecified atom stereocenters. The molecule has 0 N–H and O–H groups in total. The second-order valence-corrected chi connectivity index (χ2v) is 5.96. The van der Waals surface area contributed by atoms with Gasteiger partial charge in [-0.15, -0.1) is 0 Å². The van der Waals surface area contributed by atoms with Crippen molar-refractivity contribution in [3.05, 3.63) is 34.9 Å². The first-order valence-corrected chi connectivity index (χ1v) is 7.65. The lowest BCUT2D eigenvalue weighted by Crippen LogP contribution is -2.48. The molecule has 1 aromatic rings. The SMILES string of the molecule is CCN1CCN(C(=O)c2cc(C(C)C)ccc2C)CC1. The van der Waals surface area contributed by atoms with Gasteiger partial charge in [-0.1, -0.05) is 32.9 Å². The number of hydrogen-bond acceptors (Lipinski definition) is 2. The molecule has 2 rings (SSSR count). The zero-order chi connectivity index (χ0) is 14.7. The van der Waals surface area contributed by atoms with Crippen molar-refractivity contribution in [2.45, 2.75) is 33.6 Å². The minimum atomic E-state index is 0.195. The van der Waals surface area contributed by atoms with Gasteiger partial charge in [0.05, 0.1) is 0 Å². The highest BCUT2D eigenvalue weighted by molar-refractivity contribution is 5.96. The van der Waals surface area contributed by atoms with E-state index < -0.39 is 0 Å². The molecule has 1 aliphatic heterocycles. The van der Waals surface area contributed by atoms with E-state index in [1.807, 2.05) is 11.8 Å². The molecule has 0 spiro atoms. The number of rotatable bonds is 3. The molecule has 0 radical (unpaired) electrons. The molecule has 0 atom stereocenters. The van der Waals surface area contributed by atoms with Crippen molar-refractivity contribution >= 4 is 5.91 Å². The number of hydrogen-bond donors (Lipinski definition) is 0. The Morgan fingerprint density at radius 1 is 1.20 bits per heavy atom. The lowest BCUT2D eigenvalue weighted by Gasteiger charge is -2.34. The van der Waals surface area contributed by atoms with Crippen molar-refractivity contribution in [3.63, 3.8) is 0 Å². The zero-order valence-corrected chi connectivity index (χ0v) is 13.1. The Morgan fingerprint density at radius 3 is 2.40 bits per heavy atom. The fraction of sp³-hybridized carbons (Fsp3) is 0.588. The van der Waals surface area contributed by atoms with Crippen LogP contribution >= 0.6 is 0 Å². The van der Waals surface area contributed by atoms with Crippen molar-refractivity contribution in [1.29, 1.82) is 0 Å². The van der Waals surface area contributed by atoms with E-state index in [0.29, 0.717) is 5.92 Å². The summed E-state index contributed by atoms with van der Waals surface area (Å²) in [6.45, 7) is 13.3. The Balaban J connectivity index is 2.15. The summed E-state index contributed by atoms with van der Waals surface area (Å²) in [5.41, 5.74) is 3.20. The molecule has 1 amide bonds. The lowest BCUT2D eigenvalue weighted by atomic mass is 9.97. The molecule has 110 valence electrons. The van der Waals surface area contributed by atoms with Crippen LogP contribution in [-0.2, 0) is 0 Å². The van der Waals surface area contributed by atoms with Crippen molar-refractivity contribution in [2.75, 3.05) is 32.7 Å². The summed E-state index contributed by atoms with van der Waals surface area (Å²) >= 11 is 0. The highest BCUT2D eigenvalue weighted by Gasteiger charge is 2.22. The Kier molecular flexibility index (Phi) is 4.81. The van der Waals surface area contributed by atoms with E-state index in [1.165, 1.54) is 5.56 Å². The molecule has 0 aromatic heterocycles. The molecule has 1 heterocycles. The van der Waals surface area contributed by atoms with Crippen molar-refractivity contribution in [1.82, 2.24) is 9.80 Å². The molecule has 1 saturated heterocycles. The van der Waals surface area contributed by atoms with Crippen molar-refractivity contribution in [2.24, 2.45) is 0 Å². The van der Waals surface area contributed by atoms with Gasteiger partial charge in [-0.25, -0.2) is 0 Å². The first-order valence-electron chi connectivity index (χ1n) is 7.65. The van der Waals surface area contributed by atoms with E-state index >= 15 is 0 Å². The number of likely N-dealkylation sites (N-methyl/N-ethyl adjacent to an activating group) is 1. The van der Waals surface area contributed by atoms with E-state index in [4.69, 9.17) is 0 Å². The standard InChI is InChI=1S/C17H26N2O/c1-5-18-8-10-19(11-9-18)17(20)16-12-15(13(2)3)7-6-14(16)4/h6-7,12-13H,5,8-11H2,1-4H3. The van der Waals surface area contributed by atoms with Crippen LogP contribution in [0.15, 0.2) is 18.2 Å². The monoisotopic (exact) mass is 274 g/mol. The number of amides is 1. The van der Waals surface area contributed by atoms with Gasteiger partial charge in [0.1, 0.15) is 0 Å². The van der Waals surface area contributed by atoms with Crippen molar-refractivity contribution in [3.8, 4) is 0 Å². The molecule has 0 aliphatic carbocycles. The topological polar surface area (TPSA) is 23.6 Å². The maximum atomic E-state index is 12.7. The van der Waals surface area contributed by atoms with Crippen LogP contribution in [-0.4, -0.2) is 48.4 Å². The van der Waals surface area contributed by atoms with Gasteiger partial charge in [0.15, 0.2) is 0 Å². The average molecular weight is 274 g/mol. The Hall–Kier alpha value is -1.35. The minimum Gasteiger partial charge on any atom is -0.336 e. The summed E-state index contributed by atoms with van der Waals surface area (Å²) in [4.78, 5) is 17.1. The Morgan fingerprint density at radius 2 is 1.85 bits per heavy atom. The van der Waals surface area contributed by atoms with E-state index in [1.54, 1.807) is 0 Å². The summed E-state index contributed by atoms with van der Waals surface area (Å²) < 4.78 is 0. The highest BCUT2D eigenvalue weighted by Crippen LogP contribution is 2.20. The lowest BCUT2D eigenvalue weighted by molar-refractivity contribution is 0.0642. The van der Waals surface area contributed by atoms with Gasteiger partial charge in [-0.2, -0.15) is 0 Å². The van der Waals surface area contributed by atoms with Crippen LogP contribution in [0.3, 0.4) is 0 Å². The van der Waals surface area contributed by atoms with Gasteiger partial charge in [-0.3, -0.25) is 4.79 Å². The number of nitrogens with zero attached hydrogens (tertiary/aromatic N) is 2. The normalized spacial score (nSPS) is 16.8. The summed E-state index contributed by atoms with van der Waals surface area (Å²) in [6.07, 6.45) is 0. The highest BCUT2D eigenvalue weighted by atomic mass is 16.2. The quantitative estimate of drug-likeness (QED) is 0.846. The average Bonchev–Trinajstić information content (AvgIpc) is 2.47. The fourth-order valence-electron chi connectivity index (χ4n) is 2.67. The third-order valence-corrected chi connectivity index (χ3v) is 4.27. The second kappa shape index (κ2) is 6.40. The molecular weight excluding hydrogens is 248 g/mol. The van der Waals surface area contributed by atoms with Gasteiger partial charge in [0.25, 0.3) is 5.91 Å². The molecule has 0 saturated carbocycles.